The number of hydrogen-bond donors (Lipinski definition) is 1. The summed E-state index contributed by atoms with van der Waals surface area (Å²) in [5.41, 5.74) is 4.49. The second-order valence-corrected chi connectivity index (χ2v) is 4.24. The van der Waals surface area contributed by atoms with E-state index in [0.717, 1.165) is 12.3 Å². The molecule has 1 N–H and O–H groups in total. The highest BCUT2D eigenvalue weighted by atomic mass is 16.5. The second kappa shape index (κ2) is 5.43. The second-order valence-electron chi connectivity index (χ2n) is 4.24. The van der Waals surface area contributed by atoms with Gasteiger partial charge < -0.3 is 10.2 Å². The van der Waals surface area contributed by atoms with Crippen molar-refractivity contribution in [1.82, 2.24) is 4.68 Å². The van der Waals surface area contributed by atoms with Gasteiger partial charge in [0.2, 0.25) is 0 Å². The molecule has 0 atom stereocenters. The Labute approximate surface area is 102 Å². The third-order valence-electron chi connectivity index (χ3n) is 2.34. The number of ether oxygens (including phenoxy) is 1. The van der Waals surface area contributed by atoms with Crippen LogP contribution in [-0.4, -0.2) is 10.8 Å². The van der Waals surface area contributed by atoms with Crippen LogP contribution in [0.25, 0.3) is 0 Å². The van der Waals surface area contributed by atoms with Crippen LogP contribution < -0.4 is 10.2 Å². The quantitative estimate of drug-likeness (QED) is 0.854. The Morgan fingerprint density at radius 3 is 2.65 bits per heavy atom. The molecule has 1 aromatic heterocycles. The Balaban J connectivity index is 1.96. The largest absolute Gasteiger partial charge is 0.491 e. The van der Waals surface area contributed by atoms with Crippen molar-refractivity contribution in [3.63, 3.8) is 0 Å². The van der Waals surface area contributed by atoms with Crippen molar-refractivity contribution >= 4 is 0 Å². The Bertz CT molecular complexity index is 449. The van der Waals surface area contributed by atoms with Gasteiger partial charge in [-0.25, -0.2) is 0 Å². The zero-order valence-electron chi connectivity index (χ0n) is 10.3. The molecule has 3 heteroatoms. The lowest BCUT2D eigenvalue weighted by Crippen LogP contribution is -2.12. The van der Waals surface area contributed by atoms with Gasteiger partial charge in [0.05, 0.1) is 12.6 Å². The van der Waals surface area contributed by atoms with E-state index >= 15 is 0 Å². The summed E-state index contributed by atoms with van der Waals surface area (Å²) in [6, 6.07) is 12.1. The Morgan fingerprint density at radius 1 is 1.18 bits per heavy atom. The number of rotatable bonds is 5. The number of benzene rings is 1. The molecule has 3 nitrogen and oxygen atoms in total. The van der Waals surface area contributed by atoms with Crippen molar-refractivity contribution in [3.8, 4) is 5.75 Å². The molecule has 17 heavy (non-hydrogen) atoms. The molecule has 0 unspecified atom stereocenters. The fourth-order valence-corrected chi connectivity index (χ4v) is 1.62. The predicted molar refractivity (Wildman–Crippen MR) is 69.7 cm³/mol. The fourth-order valence-electron chi connectivity index (χ4n) is 1.62. The third-order valence-corrected chi connectivity index (χ3v) is 2.34. The molecule has 0 radical (unpaired) electrons. The zero-order valence-corrected chi connectivity index (χ0v) is 10.3. The van der Waals surface area contributed by atoms with Crippen LogP contribution in [0.1, 0.15) is 19.4 Å². The number of nitrogens with zero attached hydrogens (tertiary/aromatic N) is 1. The first-order valence-corrected chi connectivity index (χ1v) is 5.86. The van der Waals surface area contributed by atoms with Crippen molar-refractivity contribution in [3.05, 3.63) is 54.4 Å². The first-order valence-electron chi connectivity index (χ1n) is 5.86. The van der Waals surface area contributed by atoms with E-state index in [2.05, 4.69) is 17.6 Å². The lowest BCUT2D eigenvalue weighted by atomic mass is 10.2. The lowest BCUT2D eigenvalue weighted by molar-refractivity contribution is 0.242. The van der Waals surface area contributed by atoms with Gasteiger partial charge >= 0.3 is 0 Å². The highest BCUT2D eigenvalue weighted by Crippen LogP contribution is 2.14. The molecule has 2 aromatic rings. The van der Waals surface area contributed by atoms with Gasteiger partial charge in [-0.1, -0.05) is 12.1 Å². The van der Waals surface area contributed by atoms with E-state index in [1.807, 2.05) is 55.2 Å². The average molecular weight is 230 g/mol. The summed E-state index contributed by atoms with van der Waals surface area (Å²) >= 11 is 0. The predicted octanol–water partition coefficient (Wildman–Crippen LogP) is 3.02. The summed E-state index contributed by atoms with van der Waals surface area (Å²) in [6.07, 6.45) is 4.17. The molecular formula is C14H18N2O. The first kappa shape index (κ1) is 11.6. The highest BCUT2D eigenvalue weighted by molar-refractivity contribution is 5.29. The van der Waals surface area contributed by atoms with Crippen LogP contribution in [0, 0.1) is 0 Å². The van der Waals surface area contributed by atoms with Crippen LogP contribution >= 0.6 is 0 Å². The van der Waals surface area contributed by atoms with E-state index in [1.54, 1.807) is 0 Å². The monoisotopic (exact) mass is 230 g/mol. The Kier molecular flexibility index (Phi) is 3.70. The summed E-state index contributed by atoms with van der Waals surface area (Å²) < 4.78 is 7.60. The van der Waals surface area contributed by atoms with Crippen molar-refractivity contribution in [1.29, 1.82) is 0 Å². The molecule has 0 bridgehead atoms. The molecular weight excluding hydrogens is 212 g/mol. The standard InChI is InChI=1S/C14H18N2O/c1-12(2)17-14-7-5-6-13(10-14)11-15-16-8-3-4-9-16/h3-10,12,15H,11H2,1-2H3. The highest BCUT2D eigenvalue weighted by Gasteiger charge is 1.99. The minimum absolute atomic E-state index is 0.211. The van der Waals surface area contributed by atoms with Gasteiger partial charge in [0.15, 0.2) is 0 Å². The third kappa shape index (κ3) is 3.55. The van der Waals surface area contributed by atoms with Gasteiger partial charge in [-0.3, -0.25) is 4.68 Å². The van der Waals surface area contributed by atoms with Gasteiger partial charge in [0.25, 0.3) is 0 Å². The van der Waals surface area contributed by atoms with Crippen molar-refractivity contribution in [2.45, 2.75) is 26.5 Å². The van der Waals surface area contributed by atoms with Crippen molar-refractivity contribution < 1.29 is 4.74 Å². The molecule has 0 saturated carbocycles. The molecule has 0 aliphatic carbocycles. The summed E-state index contributed by atoms with van der Waals surface area (Å²) in [7, 11) is 0. The van der Waals surface area contributed by atoms with Crippen LogP contribution in [0.15, 0.2) is 48.8 Å². The summed E-state index contributed by atoms with van der Waals surface area (Å²) in [5, 5.41) is 0. The molecule has 90 valence electrons. The molecule has 1 heterocycles. The van der Waals surface area contributed by atoms with Gasteiger partial charge in [-0.05, 0) is 43.7 Å². The maximum Gasteiger partial charge on any atom is 0.120 e. The maximum atomic E-state index is 5.66. The van der Waals surface area contributed by atoms with E-state index in [1.165, 1.54) is 5.56 Å². The van der Waals surface area contributed by atoms with Crippen LogP contribution in [0.2, 0.25) is 0 Å². The van der Waals surface area contributed by atoms with Crippen molar-refractivity contribution in [2.24, 2.45) is 0 Å². The van der Waals surface area contributed by atoms with Crippen molar-refractivity contribution in [2.75, 3.05) is 5.43 Å². The van der Waals surface area contributed by atoms with E-state index in [4.69, 9.17) is 4.74 Å². The van der Waals surface area contributed by atoms with Gasteiger partial charge in [-0.15, -0.1) is 0 Å². The molecule has 1 aromatic carbocycles. The molecule has 0 saturated heterocycles. The number of hydrogen-bond acceptors (Lipinski definition) is 2. The maximum absolute atomic E-state index is 5.66. The zero-order chi connectivity index (χ0) is 12.1. The molecule has 0 aliphatic rings. The summed E-state index contributed by atoms with van der Waals surface area (Å²) in [5.74, 6) is 0.923. The molecule has 0 amide bonds. The smallest absolute Gasteiger partial charge is 0.120 e. The number of nitrogens with one attached hydrogen (secondary N) is 1. The Morgan fingerprint density at radius 2 is 1.94 bits per heavy atom. The fraction of sp³-hybridized carbons (Fsp3) is 0.286. The topological polar surface area (TPSA) is 26.2 Å². The SMILES string of the molecule is CC(C)Oc1cccc(CNn2cccc2)c1. The molecule has 0 spiro atoms. The molecule has 0 fully saturated rings. The minimum Gasteiger partial charge on any atom is -0.491 e. The lowest BCUT2D eigenvalue weighted by Gasteiger charge is -2.12. The Hall–Kier alpha value is -1.90. The van der Waals surface area contributed by atoms with E-state index in [0.29, 0.717) is 0 Å². The summed E-state index contributed by atoms with van der Waals surface area (Å²) in [4.78, 5) is 0. The molecule has 0 aliphatic heterocycles. The molecule has 2 rings (SSSR count). The van der Waals surface area contributed by atoms with E-state index < -0.39 is 0 Å². The number of aromatic nitrogens is 1. The summed E-state index contributed by atoms with van der Waals surface area (Å²) in [6.45, 7) is 4.85. The van der Waals surface area contributed by atoms with E-state index in [9.17, 15) is 0 Å². The van der Waals surface area contributed by atoms with Gasteiger partial charge in [0.1, 0.15) is 5.75 Å². The normalized spacial score (nSPS) is 10.5. The van der Waals surface area contributed by atoms with Crippen LogP contribution in [0.4, 0.5) is 0 Å². The minimum atomic E-state index is 0.211. The average Bonchev–Trinajstić information content (AvgIpc) is 2.79. The first-order chi connectivity index (χ1) is 8.24. The van der Waals surface area contributed by atoms with Crippen LogP contribution in [0.3, 0.4) is 0 Å². The van der Waals surface area contributed by atoms with Crippen LogP contribution in [-0.2, 0) is 6.54 Å². The van der Waals surface area contributed by atoms with Gasteiger partial charge in [0, 0.05) is 12.4 Å². The van der Waals surface area contributed by atoms with E-state index in [-0.39, 0.29) is 6.10 Å². The van der Waals surface area contributed by atoms with Crippen LogP contribution in [0.5, 0.6) is 5.75 Å². The van der Waals surface area contributed by atoms with Gasteiger partial charge in [-0.2, -0.15) is 0 Å².